The quantitative estimate of drug-likeness (QED) is 0.822. The summed E-state index contributed by atoms with van der Waals surface area (Å²) in [4.78, 5) is 13.8. The molecule has 1 aliphatic rings. The summed E-state index contributed by atoms with van der Waals surface area (Å²) in [6.45, 7) is 4.89. The number of hydrogen-bond donors (Lipinski definition) is 0. The lowest BCUT2D eigenvalue weighted by Crippen LogP contribution is -2.33. The van der Waals surface area contributed by atoms with Crippen molar-refractivity contribution in [2.24, 2.45) is 0 Å². The second-order valence-corrected chi connectivity index (χ2v) is 4.96. The van der Waals surface area contributed by atoms with Crippen molar-refractivity contribution in [3.05, 3.63) is 29.8 Å². The molecule has 1 aliphatic heterocycles. The maximum Gasteiger partial charge on any atom is 0.222 e. The van der Waals surface area contributed by atoms with Crippen LogP contribution in [0.4, 0.5) is 0 Å². The Hall–Kier alpha value is -1.51. The first-order valence-electron chi connectivity index (χ1n) is 6.59. The normalized spacial score (nSPS) is 23.2. The highest BCUT2D eigenvalue weighted by Crippen LogP contribution is 2.33. The van der Waals surface area contributed by atoms with Crippen molar-refractivity contribution in [1.82, 2.24) is 4.90 Å². The van der Waals surface area contributed by atoms with E-state index in [9.17, 15) is 4.79 Å². The third kappa shape index (κ3) is 2.50. The van der Waals surface area contributed by atoms with Crippen molar-refractivity contribution in [3.63, 3.8) is 0 Å². The third-order valence-electron chi connectivity index (χ3n) is 3.76. The van der Waals surface area contributed by atoms with Crippen molar-refractivity contribution >= 4 is 5.91 Å². The molecule has 1 fully saturated rings. The van der Waals surface area contributed by atoms with E-state index in [4.69, 9.17) is 4.74 Å². The summed E-state index contributed by atoms with van der Waals surface area (Å²) >= 11 is 0. The van der Waals surface area contributed by atoms with Gasteiger partial charge in [-0.3, -0.25) is 4.79 Å². The van der Waals surface area contributed by atoms with Crippen LogP contribution in [-0.4, -0.2) is 30.5 Å². The molecule has 1 aromatic carbocycles. The molecule has 3 nitrogen and oxygen atoms in total. The van der Waals surface area contributed by atoms with Gasteiger partial charge in [0, 0.05) is 24.9 Å². The van der Waals surface area contributed by atoms with E-state index in [0.717, 1.165) is 18.7 Å². The van der Waals surface area contributed by atoms with E-state index in [2.05, 4.69) is 19.1 Å². The molecule has 1 heterocycles. The maximum absolute atomic E-state index is 11.8. The lowest BCUT2D eigenvalue weighted by Gasteiger charge is -2.20. The van der Waals surface area contributed by atoms with Gasteiger partial charge in [0.25, 0.3) is 0 Å². The number of methoxy groups -OCH3 is 1. The molecule has 1 amide bonds. The number of nitrogens with zero attached hydrogens (tertiary/aromatic N) is 1. The number of rotatable bonds is 3. The van der Waals surface area contributed by atoms with E-state index < -0.39 is 0 Å². The highest BCUT2D eigenvalue weighted by Gasteiger charge is 2.32. The van der Waals surface area contributed by atoms with Gasteiger partial charge in [-0.25, -0.2) is 0 Å². The number of ether oxygens (including phenoxy) is 1. The number of amides is 1. The first kappa shape index (κ1) is 12.9. The van der Waals surface area contributed by atoms with Crippen LogP contribution in [-0.2, 0) is 4.79 Å². The van der Waals surface area contributed by atoms with Crippen LogP contribution in [0.2, 0.25) is 0 Å². The predicted octanol–water partition coefficient (Wildman–Crippen LogP) is 2.81. The third-order valence-corrected chi connectivity index (χ3v) is 3.76. The Morgan fingerprint density at radius 3 is 2.94 bits per heavy atom. The zero-order valence-corrected chi connectivity index (χ0v) is 11.3. The van der Waals surface area contributed by atoms with Gasteiger partial charge < -0.3 is 9.64 Å². The van der Waals surface area contributed by atoms with Gasteiger partial charge in [-0.2, -0.15) is 0 Å². The Morgan fingerprint density at radius 1 is 1.50 bits per heavy atom. The SMILES string of the molecule is CCC(=O)N1CC(c2cccc(OC)c2)CC1C. The molecule has 1 aromatic rings. The average Bonchev–Trinajstić information content (AvgIpc) is 2.80. The fraction of sp³-hybridized carbons (Fsp3) is 0.533. The van der Waals surface area contributed by atoms with Crippen molar-refractivity contribution < 1.29 is 9.53 Å². The van der Waals surface area contributed by atoms with Crippen molar-refractivity contribution in [2.45, 2.75) is 38.6 Å². The highest BCUT2D eigenvalue weighted by molar-refractivity contribution is 5.76. The van der Waals surface area contributed by atoms with Gasteiger partial charge in [0.2, 0.25) is 5.91 Å². The molecule has 0 N–H and O–H groups in total. The van der Waals surface area contributed by atoms with Gasteiger partial charge >= 0.3 is 0 Å². The Labute approximate surface area is 109 Å². The Balaban J connectivity index is 2.13. The van der Waals surface area contributed by atoms with Crippen LogP contribution in [0.25, 0.3) is 0 Å². The number of benzene rings is 1. The minimum Gasteiger partial charge on any atom is -0.497 e. The largest absolute Gasteiger partial charge is 0.497 e. The molecule has 2 unspecified atom stereocenters. The first-order valence-corrected chi connectivity index (χ1v) is 6.59. The summed E-state index contributed by atoms with van der Waals surface area (Å²) in [6.07, 6.45) is 1.63. The molecule has 0 saturated carbocycles. The van der Waals surface area contributed by atoms with E-state index in [1.54, 1.807) is 7.11 Å². The number of likely N-dealkylation sites (tertiary alicyclic amines) is 1. The summed E-state index contributed by atoms with van der Waals surface area (Å²) in [6, 6.07) is 8.52. The Bertz CT molecular complexity index is 430. The summed E-state index contributed by atoms with van der Waals surface area (Å²) in [5.74, 6) is 1.58. The van der Waals surface area contributed by atoms with Gasteiger partial charge in [-0.1, -0.05) is 19.1 Å². The summed E-state index contributed by atoms with van der Waals surface area (Å²) in [5.41, 5.74) is 1.27. The molecular weight excluding hydrogens is 226 g/mol. The lowest BCUT2D eigenvalue weighted by atomic mass is 9.96. The highest BCUT2D eigenvalue weighted by atomic mass is 16.5. The van der Waals surface area contributed by atoms with E-state index in [0.29, 0.717) is 18.4 Å². The Kier molecular flexibility index (Phi) is 3.90. The smallest absolute Gasteiger partial charge is 0.222 e. The number of carbonyl (C=O) groups excluding carboxylic acids is 1. The van der Waals surface area contributed by atoms with Gasteiger partial charge in [0.15, 0.2) is 0 Å². The predicted molar refractivity (Wildman–Crippen MR) is 71.8 cm³/mol. The molecule has 98 valence electrons. The van der Waals surface area contributed by atoms with Crippen LogP contribution in [0.5, 0.6) is 5.75 Å². The van der Waals surface area contributed by atoms with E-state index in [1.165, 1.54) is 5.56 Å². The molecule has 0 aliphatic carbocycles. The molecule has 0 aromatic heterocycles. The van der Waals surface area contributed by atoms with E-state index in [1.807, 2.05) is 24.0 Å². The summed E-state index contributed by atoms with van der Waals surface area (Å²) < 4.78 is 5.26. The lowest BCUT2D eigenvalue weighted by molar-refractivity contribution is -0.131. The molecule has 3 heteroatoms. The van der Waals surface area contributed by atoms with Gasteiger partial charge in [0.1, 0.15) is 5.75 Å². The number of hydrogen-bond acceptors (Lipinski definition) is 2. The molecule has 2 atom stereocenters. The van der Waals surface area contributed by atoms with Crippen LogP contribution in [0.3, 0.4) is 0 Å². The topological polar surface area (TPSA) is 29.5 Å². The van der Waals surface area contributed by atoms with Crippen molar-refractivity contribution in [2.75, 3.05) is 13.7 Å². The van der Waals surface area contributed by atoms with E-state index >= 15 is 0 Å². The van der Waals surface area contributed by atoms with Crippen LogP contribution in [0, 0.1) is 0 Å². The van der Waals surface area contributed by atoms with Crippen LogP contribution in [0.1, 0.15) is 38.2 Å². The maximum atomic E-state index is 11.8. The second-order valence-electron chi connectivity index (χ2n) is 4.96. The monoisotopic (exact) mass is 247 g/mol. The number of carbonyl (C=O) groups is 1. The molecular formula is C15H21NO2. The standard InChI is InChI=1S/C15H21NO2/c1-4-15(17)16-10-13(8-11(16)2)12-6-5-7-14(9-12)18-3/h5-7,9,11,13H,4,8,10H2,1-3H3. The van der Waals surface area contributed by atoms with Crippen LogP contribution in [0.15, 0.2) is 24.3 Å². The fourth-order valence-corrected chi connectivity index (χ4v) is 2.72. The Morgan fingerprint density at radius 2 is 2.28 bits per heavy atom. The fourth-order valence-electron chi connectivity index (χ4n) is 2.72. The molecule has 2 rings (SSSR count). The molecule has 18 heavy (non-hydrogen) atoms. The first-order chi connectivity index (χ1) is 8.65. The van der Waals surface area contributed by atoms with Crippen LogP contribution >= 0.6 is 0 Å². The summed E-state index contributed by atoms with van der Waals surface area (Å²) in [7, 11) is 1.68. The van der Waals surface area contributed by atoms with Gasteiger partial charge in [-0.05, 0) is 31.0 Å². The van der Waals surface area contributed by atoms with Crippen molar-refractivity contribution in [1.29, 1.82) is 0 Å². The van der Waals surface area contributed by atoms with Crippen molar-refractivity contribution in [3.8, 4) is 5.75 Å². The van der Waals surface area contributed by atoms with Crippen LogP contribution < -0.4 is 4.74 Å². The average molecular weight is 247 g/mol. The van der Waals surface area contributed by atoms with Gasteiger partial charge in [0.05, 0.1) is 7.11 Å². The molecule has 0 bridgehead atoms. The van der Waals surface area contributed by atoms with Gasteiger partial charge in [-0.15, -0.1) is 0 Å². The minimum atomic E-state index is 0.257. The minimum absolute atomic E-state index is 0.257. The zero-order chi connectivity index (χ0) is 13.1. The molecule has 1 saturated heterocycles. The molecule has 0 spiro atoms. The zero-order valence-electron chi connectivity index (χ0n) is 11.3. The van der Waals surface area contributed by atoms with E-state index in [-0.39, 0.29) is 5.91 Å². The second kappa shape index (κ2) is 5.42. The summed E-state index contributed by atoms with van der Waals surface area (Å²) in [5, 5.41) is 0. The molecule has 0 radical (unpaired) electrons.